The monoisotopic (exact) mass is 306 g/mol. The molecule has 0 aliphatic heterocycles. The van der Waals surface area contributed by atoms with E-state index in [0.29, 0.717) is 18.3 Å². The van der Waals surface area contributed by atoms with Gasteiger partial charge in [-0.25, -0.2) is 4.79 Å². The molecule has 0 amide bonds. The molecule has 120 valence electrons. The zero-order chi connectivity index (χ0) is 16.5. The van der Waals surface area contributed by atoms with Gasteiger partial charge >= 0.3 is 11.9 Å². The second kappa shape index (κ2) is 8.87. The molecule has 0 atom stereocenters. The Morgan fingerprint density at radius 1 is 1.18 bits per heavy atom. The van der Waals surface area contributed by atoms with Crippen LogP contribution in [0.4, 0.5) is 0 Å². The molecule has 22 heavy (non-hydrogen) atoms. The van der Waals surface area contributed by atoms with Gasteiger partial charge in [0.05, 0.1) is 27.2 Å². The first-order valence-corrected chi connectivity index (χ1v) is 7.04. The summed E-state index contributed by atoms with van der Waals surface area (Å²) in [6, 6.07) is 7.30. The molecule has 0 bridgehead atoms. The number of hydrogen-bond donors (Lipinski definition) is 0. The van der Waals surface area contributed by atoms with E-state index in [-0.39, 0.29) is 12.0 Å². The fourth-order valence-electron chi connectivity index (χ4n) is 1.70. The predicted octanol–water partition coefficient (Wildman–Crippen LogP) is 2.84. The predicted molar refractivity (Wildman–Crippen MR) is 83.4 cm³/mol. The number of rotatable bonds is 7. The van der Waals surface area contributed by atoms with Crippen molar-refractivity contribution in [3.05, 3.63) is 35.4 Å². The summed E-state index contributed by atoms with van der Waals surface area (Å²) in [6.45, 7) is 4.74. The van der Waals surface area contributed by atoms with Crippen LogP contribution >= 0.6 is 0 Å². The molecule has 0 aliphatic rings. The third-order valence-corrected chi connectivity index (χ3v) is 2.79. The Hall–Kier alpha value is -2.30. The van der Waals surface area contributed by atoms with E-state index in [1.54, 1.807) is 6.08 Å². The van der Waals surface area contributed by atoms with Gasteiger partial charge in [-0.3, -0.25) is 4.79 Å². The van der Waals surface area contributed by atoms with Crippen LogP contribution in [0.15, 0.2) is 29.8 Å². The van der Waals surface area contributed by atoms with E-state index in [4.69, 9.17) is 9.47 Å². The number of methoxy groups -OCH3 is 2. The Labute approximate surface area is 130 Å². The standard InChI is InChI=1S/C17H22O5/c1-12(2)11-22-15-7-5-6-13(9-15)8-14(17(19)21-4)10-16(18)20-3/h5-9,12H,10-11H2,1-4H3. The minimum atomic E-state index is -0.557. The lowest BCUT2D eigenvalue weighted by molar-refractivity contribution is -0.143. The van der Waals surface area contributed by atoms with Crippen LogP contribution in [0.25, 0.3) is 6.08 Å². The lowest BCUT2D eigenvalue weighted by atomic mass is 10.1. The number of benzene rings is 1. The third kappa shape index (κ3) is 5.99. The first kappa shape index (κ1) is 17.8. The van der Waals surface area contributed by atoms with Crippen LogP contribution in [0.5, 0.6) is 5.75 Å². The fraction of sp³-hybridized carbons (Fsp3) is 0.412. The molecule has 5 heteroatoms. The Morgan fingerprint density at radius 2 is 1.91 bits per heavy atom. The SMILES string of the molecule is COC(=O)CC(=Cc1cccc(OCC(C)C)c1)C(=O)OC. The zero-order valence-corrected chi connectivity index (χ0v) is 13.4. The Balaban J connectivity index is 2.96. The van der Waals surface area contributed by atoms with Crippen molar-refractivity contribution < 1.29 is 23.8 Å². The topological polar surface area (TPSA) is 61.8 Å². The van der Waals surface area contributed by atoms with Crippen molar-refractivity contribution in [2.45, 2.75) is 20.3 Å². The van der Waals surface area contributed by atoms with Gasteiger partial charge < -0.3 is 14.2 Å². The van der Waals surface area contributed by atoms with Crippen LogP contribution in [0.3, 0.4) is 0 Å². The quantitative estimate of drug-likeness (QED) is 0.572. The van der Waals surface area contributed by atoms with E-state index in [1.807, 2.05) is 24.3 Å². The maximum Gasteiger partial charge on any atom is 0.334 e. The van der Waals surface area contributed by atoms with Crippen LogP contribution < -0.4 is 4.74 Å². The number of ether oxygens (including phenoxy) is 3. The van der Waals surface area contributed by atoms with E-state index >= 15 is 0 Å². The molecule has 0 fully saturated rings. The summed E-state index contributed by atoms with van der Waals surface area (Å²) >= 11 is 0. The highest BCUT2D eigenvalue weighted by Crippen LogP contribution is 2.18. The van der Waals surface area contributed by atoms with Crippen molar-refractivity contribution in [2.75, 3.05) is 20.8 Å². The Morgan fingerprint density at radius 3 is 2.50 bits per heavy atom. The van der Waals surface area contributed by atoms with Crippen LogP contribution in [-0.4, -0.2) is 32.8 Å². The highest BCUT2D eigenvalue weighted by atomic mass is 16.5. The molecule has 0 saturated heterocycles. The summed E-state index contributed by atoms with van der Waals surface area (Å²) in [6.07, 6.45) is 1.46. The molecule has 0 spiro atoms. The van der Waals surface area contributed by atoms with E-state index in [1.165, 1.54) is 14.2 Å². The fourth-order valence-corrected chi connectivity index (χ4v) is 1.70. The summed E-state index contributed by atoms with van der Waals surface area (Å²) in [7, 11) is 2.55. The summed E-state index contributed by atoms with van der Waals surface area (Å²) < 4.78 is 14.9. The van der Waals surface area contributed by atoms with Gasteiger partial charge in [0.1, 0.15) is 5.75 Å². The van der Waals surface area contributed by atoms with Crippen LogP contribution in [0.2, 0.25) is 0 Å². The van der Waals surface area contributed by atoms with Gasteiger partial charge in [-0.1, -0.05) is 26.0 Å². The van der Waals surface area contributed by atoms with Crippen LogP contribution in [-0.2, 0) is 19.1 Å². The van der Waals surface area contributed by atoms with E-state index < -0.39 is 11.9 Å². The molecule has 0 saturated carbocycles. The van der Waals surface area contributed by atoms with Gasteiger partial charge in [0.25, 0.3) is 0 Å². The number of carbonyl (C=O) groups excluding carboxylic acids is 2. The van der Waals surface area contributed by atoms with Gasteiger partial charge in [0.15, 0.2) is 0 Å². The first-order chi connectivity index (χ1) is 10.5. The average molecular weight is 306 g/mol. The maximum atomic E-state index is 11.7. The minimum absolute atomic E-state index is 0.139. The number of esters is 2. The molecule has 1 aromatic carbocycles. The van der Waals surface area contributed by atoms with Crippen molar-refractivity contribution in [1.29, 1.82) is 0 Å². The number of carbonyl (C=O) groups is 2. The van der Waals surface area contributed by atoms with E-state index in [0.717, 1.165) is 5.56 Å². The van der Waals surface area contributed by atoms with Crippen molar-refractivity contribution in [2.24, 2.45) is 5.92 Å². The molecule has 5 nitrogen and oxygen atoms in total. The molecule has 0 N–H and O–H groups in total. The molecule has 0 radical (unpaired) electrons. The van der Waals surface area contributed by atoms with Crippen LogP contribution in [0.1, 0.15) is 25.8 Å². The molecule has 0 unspecified atom stereocenters. The van der Waals surface area contributed by atoms with Gasteiger partial charge in [-0.15, -0.1) is 0 Å². The molecule has 1 rings (SSSR count). The van der Waals surface area contributed by atoms with Crippen molar-refractivity contribution in [1.82, 2.24) is 0 Å². The maximum absolute atomic E-state index is 11.7. The smallest absolute Gasteiger partial charge is 0.334 e. The van der Waals surface area contributed by atoms with Crippen molar-refractivity contribution in [3.63, 3.8) is 0 Å². The third-order valence-electron chi connectivity index (χ3n) is 2.79. The Bertz CT molecular complexity index is 546. The average Bonchev–Trinajstić information content (AvgIpc) is 2.51. The van der Waals surface area contributed by atoms with Gasteiger partial charge in [-0.05, 0) is 29.7 Å². The van der Waals surface area contributed by atoms with Crippen LogP contribution in [0, 0.1) is 5.92 Å². The molecule has 0 aromatic heterocycles. The lowest BCUT2D eigenvalue weighted by Crippen LogP contribution is -2.11. The summed E-state index contributed by atoms with van der Waals surface area (Å²) in [5, 5.41) is 0. The molecule has 0 aliphatic carbocycles. The molecule has 1 aromatic rings. The zero-order valence-electron chi connectivity index (χ0n) is 13.4. The summed E-state index contributed by atoms with van der Waals surface area (Å²) in [5.74, 6) is 0.0802. The highest BCUT2D eigenvalue weighted by molar-refractivity contribution is 5.98. The Kier molecular flexibility index (Phi) is 7.16. The highest BCUT2D eigenvalue weighted by Gasteiger charge is 2.15. The number of hydrogen-bond acceptors (Lipinski definition) is 5. The van der Waals surface area contributed by atoms with Crippen molar-refractivity contribution in [3.8, 4) is 5.75 Å². The van der Waals surface area contributed by atoms with Gasteiger partial charge in [-0.2, -0.15) is 0 Å². The second-order valence-corrected chi connectivity index (χ2v) is 5.19. The largest absolute Gasteiger partial charge is 0.493 e. The molecule has 0 heterocycles. The van der Waals surface area contributed by atoms with E-state index in [9.17, 15) is 9.59 Å². The lowest BCUT2D eigenvalue weighted by Gasteiger charge is -2.09. The second-order valence-electron chi connectivity index (χ2n) is 5.19. The van der Waals surface area contributed by atoms with Crippen molar-refractivity contribution >= 4 is 18.0 Å². The van der Waals surface area contributed by atoms with Gasteiger partial charge in [0.2, 0.25) is 0 Å². The normalized spacial score (nSPS) is 11.2. The summed E-state index contributed by atoms with van der Waals surface area (Å²) in [4.78, 5) is 23.1. The summed E-state index contributed by atoms with van der Waals surface area (Å²) in [5.41, 5.74) is 0.987. The minimum Gasteiger partial charge on any atom is -0.493 e. The molecular weight excluding hydrogens is 284 g/mol. The first-order valence-electron chi connectivity index (χ1n) is 7.04. The molecular formula is C17H22O5. The van der Waals surface area contributed by atoms with E-state index in [2.05, 4.69) is 18.6 Å². The van der Waals surface area contributed by atoms with Gasteiger partial charge in [0, 0.05) is 5.57 Å².